The van der Waals surface area contributed by atoms with Gasteiger partial charge in [-0.15, -0.1) is 0 Å². The minimum Gasteiger partial charge on any atom is -0.490 e. The summed E-state index contributed by atoms with van der Waals surface area (Å²) in [5.41, 5.74) is 1.68. The van der Waals surface area contributed by atoms with E-state index in [1.54, 1.807) is 0 Å². The molecule has 3 rings (SSSR count). The van der Waals surface area contributed by atoms with Gasteiger partial charge in [0, 0.05) is 18.2 Å². The van der Waals surface area contributed by atoms with Gasteiger partial charge >= 0.3 is 0 Å². The van der Waals surface area contributed by atoms with E-state index in [1.165, 1.54) is 0 Å². The van der Waals surface area contributed by atoms with Gasteiger partial charge in [0.25, 0.3) is 0 Å². The number of carbonyl (C=O) groups is 1. The number of benzene rings is 2. The Morgan fingerprint density at radius 1 is 1.12 bits per heavy atom. The van der Waals surface area contributed by atoms with Crippen LogP contribution in [0.15, 0.2) is 48.5 Å². The molecule has 0 aromatic heterocycles. The largest absolute Gasteiger partial charge is 0.490 e. The van der Waals surface area contributed by atoms with Gasteiger partial charge < -0.3 is 14.8 Å². The standard InChI is InChI=1S/C20H24N2O3/c1-3-22(2)19(15-8-5-4-6-9-15)20(23)21-16-10-11-17-18(14-16)25-13-7-12-24-17/h4-6,8-11,14,19H,3,7,12-13H2,1-2H3,(H,21,23). The molecule has 1 atom stereocenters. The van der Waals surface area contributed by atoms with E-state index in [0.29, 0.717) is 24.7 Å². The van der Waals surface area contributed by atoms with Crippen molar-refractivity contribution in [3.63, 3.8) is 0 Å². The van der Waals surface area contributed by atoms with Gasteiger partial charge in [0.1, 0.15) is 6.04 Å². The highest BCUT2D eigenvalue weighted by Gasteiger charge is 2.24. The molecule has 1 heterocycles. The van der Waals surface area contributed by atoms with Gasteiger partial charge in [0.2, 0.25) is 5.91 Å². The first-order valence-electron chi connectivity index (χ1n) is 8.64. The van der Waals surface area contributed by atoms with E-state index in [-0.39, 0.29) is 11.9 Å². The molecular weight excluding hydrogens is 316 g/mol. The van der Waals surface area contributed by atoms with Crippen molar-refractivity contribution >= 4 is 11.6 Å². The van der Waals surface area contributed by atoms with Crippen molar-refractivity contribution < 1.29 is 14.3 Å². The normalized spacial score (nSPS) is 14.7. The van der Waals surface area contributed by atoms with Gasteiger partial charge in [-0.25, -0.2) is 0 Å². The smallest absolute Gasteiger partial charge is 0.246 e. The molecule has 1 aliphatic heterocycles. The Morgan fingerprint density at radius 3 is 2.56 bits per heavy atom. The monoisotopic (exact) mass is 340 g/mol. The Kier molecular flexibility index (Phi) is 5.56. The van der Waals surface area contributed by atoms with Crippen molar-refractivity contribution in [2.45, 2.75) is 19.4 Å². The molecule has 1 aliphatic rings. The summed E-state index contributed by atoms with van der Waals surface area (Å²) in [7, 11) is 1.95. The second-order valence-electron chi connectivity index (χ2n) is 6.09. The number of amides is 1. The number of hydrogen-bond acceptors (Lipinski definition) is 4. The summed E-state index contributed by atoms with van der Waals surface area (Å²) >= 11 is 0. The van der Waals surface area contributed by atoms with Crippen LogP contribution in [0.2, 0.25) is 0 Å². The number of likely N-dealkylation sites (N-methyl/N-ethyl adjacent to an activating group) is 1. The lowest BCUT2D eigenvalue weighted by Gasteiger charge is -2.26. The summed E-state index contributed by atoms with van der Waals surface area (Å²) in [5, 5.41) is 3.01. The SMILES string of the molecule is CCN(C)C(C(=O)Nc1ccc2c(c1)OCCCO2)c1ccccc1. The van der Waals surface area contributed by atoms with Gasteiger partial charge in [0.05, 0.1) is 13.2 Å². The topological polar surface area (TPSA) is 50.8 Å². The molecule has 5 heteroatoms. The fourth-order valence-corrected chi connectivity index (χ4v) is 2.88. The first-order chi connectivity index (χ1) is 12.2. The second kappa shape index (κ2) is 8.03. The van der Waals surface area contributed by atoms with Crippen molar-refractivity contribution in [2.75, 3.05) is 32.1 Å². The highest BCUT2D eigenvalue weighted by Crippen LogP contribution is 2.33. The predicted octanol–water partition coefficient (Wildman–Crippen LogP) is 3.48. The molecule has 1 unspecified atom stereocenters. The lowest BCUT2D eigenvalue weighted by molar-refractivity contribution is -0.121. The summed E-state index contributed by atoms with van der Waals surface area (Å²) in [6.45, 7) is 4.08. The molecule has 0 fully saturated rings. The van der Waals surface area contributed by atoms with Crippen LogP contribution in [-0.2, 0) is 4.79 Å². The zero-order chi connectivity index (χ0) is 17.6. The molecule has 0 bridgehead atoms. The number of nitrogens with zero attached hydrogens (tertiary/aromatic N) is 1. The lowest BCUT2D eigenvalue weighted by Crippen LogP contribution is -2.34. The van der Waals surface area contributed by atoms with E-state index in [1.807, 2.05) is 67.4 Å². The van der Waals surface area contributed by atoms with E-state index in [4.69, 9.17) is 9.47 Å². The average molecular weight is 340 g/mol. The molecule has 132 valence electrons. The molecular formula is C20H24N2O3. The molecule has 0 saturated heterocycles. The molecule has 5 nitrogen and oxygen atoms in total. The quantitative estimate of drug-likeness (QED) is 0.905. The average Bonchev–Trinajstić information content (AvgIpc) is 2.87. The van der Waals surface area contributed by atoms with Crippen LogP contribution < -0.4 is 14.8 Å². The minimum absolute atomic E-state index is 0.0648. The maximum Gasteiger partial charge on any atom is 0.246 e. The van der Waals surface area contributed by atoms with Gasteiger partial charge in [-0.3, -0.25) is 9.69 Å². The Morgan fingerprint density at radius 2 is 1.84 bits per heavy atom. The molecule has 2 aromatic rings. The third-order valence-electron chi connectivity index (χ3n) is 4.32. The first kappa shape index (κ1) is 17.3. The van der Waals surface area contributed by atoms with E-state index in [2.05, 4.69) is 5.32 Å². The van der Waals surface area contributed by atoms with Crippen LogP contribution in [0.1, 0.15) is 24.9 Å². The molecule has 0 saturated carbocycles. The highest BCUT2D eigenvalue weighted by molar-refractivity contribution is 5.95. The maximum absolute atomic E-state index is 12.9. The van der Waals surface area contributed by atoms with Crippen molar-refractivity contribution in [1.82, 2.24) is 4.90 Å². The third kappa shape index (κ3) is 4.12. The molecule has 2 aromatic carbocycles. The van der Waals surface area contributed by atoms with Crippen LogP contribution in [0.5, 0.6) is 11.5 Å². The summed E-state index contributed by atoms with van der Waals surface area (Å²) in [6, 6.07) is 15.0. The number of carbonyl (C=O) groups excluding carboxylic acids is 1. The van der Waals surface area contributed by atoms with Crippen molar-refractivity contribution in [3.8, 4) is 11.5 Å². The fraction of sp³-hybridized carbons (Fsp3) is 0.350. The third-order valence-corrected chi connectivity index (χ3v) is 4.32. The second-order valence-corrected chi connectivity index (χ2v) is 6.09. The van der Waals surface area contributed by atoms with Crippen LogP contribution in [-0.4, -0.2) is 37.6 Å². The number of nitrogens with one attached hydrogen (secondary N) is 1. The zero-order valence-electron chi connectivity index (χ0n) is 14.7. The van der Waals surface area contributed by atoms with Crippen molar-refractivity contribution in [2.24, 2.45) is 0 Å². The van der Waals surface area contributed by atoms with Crippen molar-refractivity contribution in [3.05, 3.63) is 54.1 Å². The number of fused-ring (bicyclic) bond motifs is 1. The predicted molar refractivity (Wildman–Crippen MR) is 98.2 cm³/mol. The van der Waals surface area contributed by atoms with E-state index in [0.717, 1.165) is 24.3 Å². The minimum atomic E-state index is -0.345. The Hall–Kier alpha value is -2.53. The lowest BCUT2D eigenvalue weighted by atomic mass is 10.0. The van der Waals surface area contributed by atoms with Gasteiger partial charge in [-0.05, 0) is 31.3 Å². The fourth-order valence-electron chi connectivity index (χ4n) is 2.88. The van der Waals surface area contributed by atoms with Crippen LogP contribution in [0.4, 0.5) is 5.69 Å². The molecule has 0 spiro atoms. The number of ether oxygens (including phenoxy) is 2. The summed E-state index contributed by atoms with van der Waals surface area (Å²) in [5.74, 6) is 1.33. The Bertz CT molecular complexity index is 718. The summed E-state index contributed by atoms with van der Waals surface area (Å²) < 4.78 is 11.3. The van der Waals surface area contributed by atoms with Crippen molar-refractivity contribution in [1.29, 1.82) is 0 Å². The summed E-state index contributed by atoms with van der Waals surface area (Å²) in [6.07, 6.45) is 0.855. The van der Waals surface area contributed by atoms with Crippen LogP contribution in [0.25, 0.3) is 0 Å². The molecule has 1 amide bonds. The van der Waals surface area contributed by atoms with E-state index < -0.39 is 0 Å². The molecule has 0 radical (unpaired) electrons. The van der Waals surface area contributed by atoms with Gasteiger partial charge in [0.15, 0.2) is 11.5 Å². The van der Waals surface area contributed by atoms with Gasteiger partial charge in [-0.1, -0.05) is 37.3 Å². The van der Waals surface area contributed by atoms with Crippen LogP contribution in [0, 0.1) is 0 Å². The van der Waals surface area contributed by atoms with Crippen LogP contribution >= 0.6 is 0 Å². The number of anilines is 1. The van der Waals surface area contributed by atoms with Crippen LogP contribution in [0.3, 0.4) is 0 Å². The number of hydrogen-bond donors (Lipinski definition) is 1. The maximum atomic E-state index is 12.9. The van der Waals surface area contributed by atoms with E-state index in [9.17, 15) is 4.79 Å². The molecule has 0 aliphatic carbocycles. The zero-order valence-corrected chi connectivity index (χ0v) is 14.7. The Balaban J connectivity index is 1.80. The highest BCUT2D eigenvalue weighted by atomic mass is 16.5. The molecule has 25 heavy (non-hydrogen) atoms. The Labute approximate surface area is 148 Å². The molecule has 1 N–H and O–H groups in total. The summed E-state index contributed by atoms with van der Waals surface area (Å²) in [4.78, 5) is 14.9. The first-order valence-corrected chi connectivity index (χ1v) is 8.64. The number of rotatable bonds is 5. The van der Waals surface area contributed by atoms with E-state index >= 15 is 0 Å². The van der Waals surface area contributed by atoms with Gasteiger partial charge in [-0.2, -0.15) is 0 Å².